The predicted octanol–water partition coefficient (Wildman–Crippen LogP) is 1.88. The number of nitrogen functional groups attached to an aromatic ring is 1. The summed E-state index contributed by atoms with van der Waals surface area (Å²) in [6.45, 7) is 4.40. The fourth-order valence-electron chi connectivity index (χ4n) is 1.84. The maximum absolute atomic E-state index is 11.3. The van der Waals surface area contributed by atoms with Crippen molar-refractivity contribution in [3.05, 3.63) is 58.9 Å². The van der Waals surface area contributed by atoms with E-state index in [1.807, 2.05) is 26.0 Å². The van der Waals surface area contributed by atoms with Crippen LogP contribution in [0, 0.1) is 13.8 Å². The molecule has 5 nitrogen and oxygen atoms in total. The molecule has 3 N–H and O–H groups in total. The molecule has 2 aromatic rings. The number of nitrogens with one attached hydrogen (secondary N) is 1. The Labute approximate surface area is 117 Å². The second-order valence-corrected chi connectivity index (χ2v) is 4.57. The molecule has 1 heterocycles. The summed E-state index contributed by atoms with van der Waals surface area (Å²) in [5.41, 5.74) is 5.52. The average molecular weight is 271 g/mol. The Bertz CT molecular complexity index is 609. The number of hydrogen-bond acceptors (Lipinski definition) is 4. The zero-order chi connectivity index (χ0) is 14.5. The number of pyridine rings is 1. The number of nitrogens with two attached hydrogens (primary N) is 1. The quantitative estimate of drug-likeness (QED) is 0.505. The van der Waals surface area contributed by atoms with Crippen LogP contribution in [0.2, 0.25) is 0 Å². The lowest BCUT2D eigenvalue weighted by Crippen LogP contribution is -2.30. The summed E-state index contributed by atoms with van der Waals surface area (Å²) in [4.78, 5) is 15.4. The molecule has 0 spiro atoms. The van der Waals surface area contributed by atoms with E-state index in [9.17, 15) is 4.79 Å². The summed E-state index contributed by atoms with van der Waals surface area (Å²) in [6.07, 6.45) is 1.48. The molecule has 0 aliphatic heterocycles. The Kier molecular flexibility index (Phi) is 4.32. The third-order valence-electron chi connectivity index (χ3n) is 2.92. The van der Waals surface area contributed by atoms with Crippen molar-refractivity contribution < 1.29 is 9.53 Å². The van der Waals surface area contributed by atoms with Crippen LogP contribution in [0.3, 0.4) is 0 Å². The van der Waals surface area contributed by atoms with Gasteiger partial charge in [-0.15, -0.1) is 0 Å². The van der Waals surface area contributed by atoms with Crippen LogP contribution in [-0.4, -0.2) is 10.9 Å². The second-order valence-electron chi connectivity index (χ2n) is 4.57. The highest BCUT2D eigenvalue weighted by atomic mass is 16.5. The molecular formula is C15H17N3O2. The summed E-state index contributed by atoms with van der Waals surface area (Å²) in [6, 6.07) is 9.42. The first-order valence-corrected chi connectivity index (χ1v) is 6.26. The van der Waals surface area contributed by atoms with E-state index in [4.69, 9.17) is 10.6 Å². The van der Waals surface area contributed by atoms with Gasteiger partial charge in [-0.1, -0.05) is 17.7 Å². The van der Waals surface area contributed by atoms with Crippen molar-refractivity contribution in [3.8, 4) is 5.75 Å². The van der Waals surface area contributed by atoms with Crippen LogP contribution >= 0.6 is 0 Å². The maximum Gasteiger partial charge on any atom is 0.266 e. The molecule has 0 unspecified atom stereocenters. The number of hydrazine groups is 1. The number of nitrogens with zero attached hydrogens (tertiary/aromatic N) is 1. The first-order valence-electron chi connectivity index (χ1n) is 6.26. The molecule has 0 aliphatic carbocycles. The zero-order valence-corrected chi connectivity index (χ0v) is 11.5. The highest BCUT2D eigenvalue weighted by molar-refractivity contribution is 5.93. The Hall–Kier alpha value is -2.40. The zero-order valence-electron chi connectivity index (χ0n) is 11.5. The van der Waals surface area contributed by atoms with E-state index in [0.717, 1.165) is 17.0 Å². The lowest BCUT2D eigenvalue weighted by atomic mass is 10.1. The molecule has 5 heteroatoms. The van der Waals surface area contributed by atoms with Crippen LogP contribution in [-0.2, 0) is 6.61 Å². The molecule has 20 heavy (non-hydrogen) atoms. The Morgan fingerprint density at radius 3 is 2.70 bits per heavy atom. The molecule has 0 bridgehead atoms. The van der Waals surface area contributed by atoms with Crippen LogP contribution in [0.1, 0.15) is 27.2 Å². The van der Waals surface area contributed by atoms with Crippen molar-refractivity contribution in [3.63, 3.8) is 0 Å². The number of ether oxygens (including phenoxy) is 1. The summed E-state index contributed by atoms with van der Waals surface area (Å²) in [5.74, 6) is 5.53. The van der Waals surface area contributed by atoms with Gasteiger partial charge in [0.25, 0.3) is 5.91 Å². The molecule has 1 aromatic heterocycles. The molecule has 2 rings (SSSR count). The number of carbonyl (C=O) groups is 1. The molecule has 0 atom stereocenters. The number of aromatic nitrogens is 1. The average Bonchev–Trinajstić information content (AvgIpc) is 2.46. The molecular weight excluding hydrogens is 254 g/mol. The van der Waals surface area contributed by atoms with Crippen molar-refractivity contribution in [1.29, 1.82) is 0 Å². The first kappa shape index (κ1) is 14.0. The Morgan fingerprint density at radius 2 is 2.10 bits per heavy atom. The molecule has 0 saturated heterocycles. The van der Waals surface area contributed by atoms with Gasteiger partial charge in [-0.3, -0.25) is 15.2 Å². The summed E-state index contributed by atoms with van der Waals surface area (Å²) in [7, 11) is 0. The van der Waals surface area contributed by atoms with Crippen LogP contribution in [0.25, 0.3) is 0 Å². The van der Waals surface area contributed by atoms with Gasteiger partial charge in [0.2, 0.25) is 0 Å². The minimum absolute atomic E-state index is 0.356. The molecule has 1 aromatic carbocycles. The van der Waals surface area contributed by atoms with Crippen molar-refractivity contribution in [2.75, 3.05) is 0 Å². The monoisotopic (exact) mass is 271 g/mol. The van der Waals surface area contributed by atoms with Gasteiger partial charge in [-0.05, 0) is 37.6 Å². The smallest absolute Gasteiger partial charge is 0.266 e. The van der Waals surface area contributed by atoms with Crippen molar-refractivity contribution >= 4 is 5.91 Å². The fraction of sp³-hybridized carbons (Fsp3) is 0.200. The molecule has 0 aliphatic rings. The number of benzene rings is 1. The summed E-state index contributed by atoms with van der Waals surface area (Å²) < 4.78 is 5.72. The number of carbonyl (C=O) groups excluding carboxylic acids is 1. The normalized spacial score (nSPS) is 10.2. The highest BCUT2D eigenvalue weighted by Gasteiger charge is 2.05. The van der Waals surface area contributed by atoms with E-state index in [1.54, 1.807) is 12.1 Å². The fourth-order valence-corrected chi connectivity index (χ4v) is 1.84. The molecule has 0 radical (unpaired) electrons. The standard InChI is InChI=1S/C15H17N3O2/c1-10-3-6-14(11(2)7-10)20-9-13-5-4-12(8-17-13)15(19)18-16/h3-8H,9,16H2,1-2H3,(H,18,19). The second kappa shape index (κ2) is 6.16. The van der Waals surface area contributed by atoms with Crippen LogP contribution in [0.5, 0.6) is 5.75 Å². The van der Waals surface area contributed by atoms with Gasteiger partial charge in [-0.25, -0.2) is 5.84 Å². The lowest BCUT2D eigenvalue weighted by molar-refractivity contribution is 0.0953. The van der Waals surface area contributed by atoms with Crippen LogP contribution in [0.4, 0.5) is 0 Å². The molecule has 0 saturated carbocycles. The van der Waals surface area contributed by atoms with Crippen LogP contribution < -0.4 is 16.0 Å². The minimum atomic E-state index is -0.362. The lowest BCUT2D eigenvalue weighted by Gasteiger charge is -2.09. The third-order valence-corrected chi connectivity index (χ3v) is 2.92. The van der Waals surface area contributed by atoms with Crippen molar-refractivity contribution in [1.82, 2.24) is 10.4 Å². The third kappa shape index (κ3) is 3.33. The van der Waals surface area contributed by atoms with Gasteiger partial charge in [0, 0.05) is 6.20 Å². The van der Waals surface area contributed by atoms with Gasteiger partial charge in [-0.2, -0.15) is 0 Å². The van der Waals surface area contributed by atoms with Crippen molar-refractivity contribution in [2.45, 2.75) is 20.5 Å². The van der Waals surface area contributed by atoms with Gasteiger partial charge < -0.3 is 4.74 Å². The number of hydrogen-bond donors (Lipinski definition) is 2. The predicted molar refractivity (Wildman–Crippen MR) is 76.1 cm³/mol. The molecule has 104 valence electrons. The van der Waals surface area contributed by atoms with Crippen molar-refractivity contribution in [2.24, 2.45) is 5.84 Å². The van der Waals surface area contributed by atoms with E-state index < -0.39 is 0 Å². The first-order chi connectivity index (χ1) is 9.60. The van der Waals surface area contributed by atoms with Gasteiger partial charge in [0.1, 0.15) is 12.4 Å². The topological polar surface area (TPSA) is 77.2 Å². The summed E-state index contributed by atoms with van der Waals surface area (Å²) in [5, 5.41) is 0. The van der Waals surface area contributed by atoms with E-state index in [0.29, 0.717) is 12.2 Å². The van der Waals surface area contributed by atoms with Gasteiger partial charge in [0.15, 0.2) is 0 Å². The van der Waals surface area contributed by atoms with Gasteiger partial charge in [0.05, 0.1) is 11.3 Å². The molecule has 0 fully saturated rings. The van der Waals surface area contributed by atoms with E-state index in [-0.39, 0.29) is 5.91 Å². The Balaban J connectivity index is 2.02. The molecule has 1 amide bonds. The number of amides is 1. The number of aryl methyl sites for hydroxylation is 2. The van der Waals surface area contributed by atoms with Gasteiger partial charge >= 0.3 is 0 Å². The minimum Gasteiger partial charge on any atom is -0.487 e. The highest BCUT2D eigenvalue weighted by Crippen LogP contribution is 2.19. The summed E-state index contributed by atoms with van der Waals surface area (Å²) >= 11 is 0. The maximum atomic E-state index is 11.3. The van der Waals surface area contributed by atoms with Crippen LogP contribution in [0.15, 0.2) is 36.5 Å². The SMILES string of the molecule is Cc1ccc(OCc2ccc(C(=O)NN)cn2)c(C)c1. The Morgan fingerprint density at radius 1 is 1.30 bits per heavy atom. The van der Waals surface area contributed by atoms with E-state index >= 15 is 0 Å². The van der Waals surface area contributed by atoms with E-state index in [1.165, 1.54) is 11.8 Å². The van der Waals surface area contributed by atoms with E-state index in [2.05, 4.69) is 16.5 Å². The largest absolute Gasteiger partial charge is 0.487 e. The number of rotatable bonds is 4.